The number of alkyl halides is 3. The first-order valence-corrected chi connectivity index (χ1v) is 8.86. The summed E-state index contributed by atoms with van der Waals surface area (Å²) in [5.74, 6) is 0. The number of sulfonamides is 1. The van der Waals surface area contributed by atoms with Gasteiger partial charge in [-0.1, -0.05) is 11.6 Å². The molecule has 0 fully saturated rings. The summed E-state index contributed by atoms with van der Waals surface area (Å²) in [6, 6.07) is 8.47. The van der Waals surface area contributed by atoms with Gasteiger partial charge >= 0.3 is 11.8 Å². The van der Waals surface area contributed by atoms with Crippen LogP contribution in [0.2, 0.25) is 5.02 Å². The molecule has 0 aliphatic carbocycles. The predicted octanol–water partition coefficient (Wildman–Crippen LogP) is 4.27. The van der Waals surface area contributed by atoms with E-state index in [1.165, 1.54) is 18.2 Å². The van der Waals surface area contributed by atoms with Crippen LogP contribution in [0.3, 0.4) is 0 Å². The molecule has 0 atom stereocenters. The molecule has 26 heavy (non-hydrogen) atoms. The van der Waals surface area contributed by atoms with Crippen molar-refractivity contribution in [3.63, 3.8) is 0 Å². The summed E-state index contributed by atoms with van der Waals surface area (Å²) in [5, 5.41) is 0.149. The summed E-state index contributed by atoms with van der Waals surface area (Å²) in [7, 11) is -4.22. The first-order valence-electron chi connectivity index (χ1n) is 7.00. The molecule has 0 spiro atoms. The minimum atomic E-state index is -4.65. The Morgan fingerprint density at radius 3 is 2.42 bits per heavy atom. The van der Waals surface area contributed by atoms with Crippen molar-refractivity contribution < 1.29 is 26.0 Å². The third-order valence-electron chi connectivity index (χ3n) is 3.44. The molecule has 0 amide bonds. The smallest absolute Gasteiger partial charge is 0.416 e. The Bertz CT molecular complexity index is 1160. The molecule has 0 unspecified atom stereocenters. The standard InChI is InChI=1S/C16H9ClF3NO4S/c17-12-4-2-10(16(18,19)20)8-13(12)21-26(23,24)11-3-5-14-9(7-11)1-6-15(22)25-14/h1-8,21H. The van der Waals surface area contributed by atoms with Gasteiger partial charge in [0, 0.05) is 11.5 Å². The van der Waals surface area contributed by atoms with E-state index in [0.29, 0.717) is 11.5 Å². The van der Waals surface area contributed by atoms with E-state index in [1.54, 1.807) is 0 Å². The van der Waals surface area contributed by atoms with Crippen molar-refractivity contribution in [2.45, 2.75) is 11.1 Å². The molecule has 136 valence electrons. The molecule has 3 rings (SSSR count). The van der Waals surface area contributed by atoms with Crippen molar-refractivity contribution in [2.24, 2.45) is 0 Å². The van der Waals surface area contributed by atoms with E-state index in [4.69, 9.17) is 16.0 Å². The quantitative estimate of drug-likeness (QED) is 0.663. The Kier molecular flexibility index (Phi) is 4.45. The van der Waals surface area contributed by atoms with Crippen LogP contribution in [0.1, 0.15) is 5.56 Å². The topological polar surface area (TPSA) is 76.4 Å². The number of rotatable bonds is 3. The molecular formula is C16H9ClF3NO4S. The normalized spacial score (nSPS) is 12.3. The van der Waals surface area contributed by atoms with Crippen molar-refractivity contribution in [2.75, 3.05) is 4.72 Å². The Morgan fingerprint density at radius 2 is 1.73 bits per heavy atom. The first kappa shape index (κ1) is 18.3. The van der Waals surface area contributed by atoms with Gasteiger partial charge in [0.15, 0.2) is 0 Å². The molecular weight excluding hydrogens is 395 g/mol. The summed E-state index contributed by atoms with van der Waals surface area (Å²) in [4.78, 5) is 10.9. The Balaban J connectivity index is 2.02. The molecule has 0 radical (unpaired) electrons. The molecule has 10 heteroatoms. The molecule has 0 saturated carbocycles. The fourth-order valence-corrected chi connectivity index (χ4v) is 3.53. The maximum absolute atomic E-state index is 12.8. The number of anilines is 1. The van der Waals surface area contributed by atoms with E-state index < -0.39 is 33.1 Å². The van der Waals surface area contributed by atoms with Crippen LogP contribution < -0.4 is 10.3 Å². The van der Waals surface area contributed by atoms with Gasteiger partial charge in [0.1, 0.15) is 5.58 Å². The zero-order valence-electron chi connectivity index (χ0n) is 12.7. The van der Waals surface area contributed by atoms with Gasteiger partial charge in [-0.05, 0) is 42.5 Å². The molecule has 1 N–H and O–H groups in total. The summed E-state index contributed by atoms with van der Waals surface area (Å²) >= 11 is 5.81. The van der Waals surface area contributed by atoms with Crippen LogP contribution in [0.25, 0.3) is 11.0 Å². The average molecular weight is 404 g/mol. The lowest BCUT2D eigenvalue weighted by molar-refractivity contribution is -0.137. The molecule has 1 aromatic heterocycles. The Labute approximate surface area is 150 Å². The van der Waals surface area contributed by atoms with Crippen LogP contribution in [0.5, 0.6) is 0 Å². The van der Waals surface area contributed by atoms with Crippen molar-refractivity contribution >= 4 is 38.3 Å². The maximum Gasteiger partial charge on any atom is 0.416 e. The van der Waals surface area contributed by atoms with E-state index in [1.807, 2.05) is 4.72 Å². The van der Waals surface area contributed by atoms with Gasteiger partial charge in [0.05, 0.1) is 21.2 Å². The highest BCUT2D eigenvalue weighted by molar-refractivity contribution is 7.92. The van der Waals surface area contributed by atoms with Gasteiger partial charge in [-0.2, -0.15) is 13.2 Å². The second-order valence-electron chi connectivity index (χ2n) is 5.25. The van der Waals surface area contributed by atoms with E-state index >= 15 is 0 Å². The second kappa shape index (κ2) is 6.33. The van der Waals surface area contributed by atoms with E-state index in [-0.39, 0.29) is 15.5 Å². The molecule has 0 bridgehead atoms. The average Bonchev–Trinajstić information content (AvgIpc) is 2.55. The van der Waals surface area contributed by atoms with Gasteiger partial charge in [-0.15, -0.1) is 0 Å². The van der Waals surface area contributed by atoms with Crippen LogP contribution in [0, 0.1) is 0 Å². The Hall–Kier alpha value is -2.52. The molecule has 2 aromatic carbocycles. The monoisotopic (exact) mass is 403 g/mol. The largest absolute Gasteiger partial charge is 0.423 e. The lowest BCUT2D eigenvalue weighted by Crippen LogP contribution is -2.14. The third-order valence-corrected chi connectivity index (χ3v) is 5.13. The van der Waals surface area contributed by atoms with Crippen LogP contribution >= 0.6 is 11.6 Å². The predicted molar refractivity (Wildman–Crippen MR) is 89.7 cm³/mol. The minimum Gasteiger partial charge on any atom is -0.423 e. The highest BCUT2D eigenvalue weighted by Crippen LogP contribution is 2.34. The number of hydrogen-bond donors (Lipinski definition) is 1. The number of hydrogen-bond acceptors (Lipinski definition) is 4. The fraction of sp³-hybridized carbons (Fsp3) is 0.0625. The van der Waals surface area contributed by atoms with Gasteiger partial charge in [0.25, 0.3) is 10.0 Å². The van der Waals surface area contributed by atoms with Gasteiger partial charge in [-0.25, -0.2) is 13.2 Å². The second-order valence-corrected chi connectivity index (χ2v) is 7.34. The molecule has 0 saturated heterocycles. The molecule has 5 nitrogen and oxygen atoms in total. The van der Waals surface area contributed by atoms with Gasteiger partial charge < -0.3 is 4.42 Å². The van der Waals surface area contributed by atoms with Crippen molar-refractivity contribution in [3.8, 4) is 0 Å². The van der Waals surface area contributed by atoms with E-state index in [9.17, 15) is 26.4 Å². The Morgan fingerprint density at radius 1 is 1.00 bits per heavy atom. The highest BCUT2D eigenvalue weighted by atomic mass is 35.5. The van der Waals surface area contributed by atoms with Crippen molar-refractivity contribution in [1.29, 1.82) is 0 Å². The molecule has 3 aromatic rings. The first-order chi connectivity index (χ1) is 12.1. The van der Waals surface area contributed by atoms with Gasteiger partial charge in [0.2, 0.25) is 0 Å². The number of nitrogens with one attached hydrogen (secondary N) is 1. The molecule has 0 aliphatic heterocycles. The van der Waals surface area contributed by atoms with Crippen LogP contribution in [-0.2, 0) is 16.2 Å². The van der Waals surface area contributed by atoms with Crippen molar-refractivity contribution in [1.82, 2.24) is 0 Å². The lowest BCUT2D eigenvalue weighted by atomic mass is 10.2. The third kappa shape index (κ3) is 3.68. The van der Waals surface area contributed by atoms with Crippen LogP contribution in [0.4, 0.5) is 18.9 Å². The zero-order chi connectivity index (χ0) is 19.1. The van der Waals surface area contributed by atoms with Crippen LogP contribution in [-0.4, -0.2) is 8.42 Å². The zero-order valence-corrected chi connectivity index (χ0v) is 14.2. The molecule has 1 heterocycles. The highest BCUT2D eigenvalue weighted by Gasteiger charge is 2.31. The number of halogens is 4. The summed E-state index contributed by atoms with van der Waals surface area (Å²) in [6.07, 6.45) is -4.65. The summed E-state index contributed by atoms with van der Waals surface area (Å²) in [6.45, 7) is 0. The number of fused-ring (bicyclic) bond motifs is 1. The minimum absolute atomic E-state index is 0.175. The molecule has 0 aliphatic rings. The van der Waals surface area contributed by atoms with E-state index in [2.05, 4.69) is 0 Å². The number of benzene rings is 2. The fourth-order valence-electron chi connectivity index (χ4n) is 2.20. The van der Waals surface area contributed by atoms with Crippen LogP contribution in [0.15, 0.2) is 62.6 Å². The van der Waals surface area contributed by atoms with Gasteiger partial charge in [-0.3, -0.25) is 4.72 Å². The summed E-state index contributed by atoms with van der Waals surface area (Å²) in [5.41, 5.74) is -1.86. The lowest BCUT2D eigenvalue weighted by Gasteiger charge is -2.13. The van der Waals surface area contributed by atoms with Crippen molar-refractivity contribution in [3.05, 3.63) is 69.5 Å². The summed E-state index contributed by atoms with van der Waals surface area (Å²) < 4.78 is 70.3. The van der Waals surface area contributed by atoms with E-state index in [0.717, 1.165) is 24.3 Å². The SMILES string of the molecule is O=c1ccc2cc(S(=O)(=O)Nc3cc(C(F)(F)F)ccc3Cl)ccc2o1. The maximum atomic E-state index is 12.8.